The van der Waals surface area contributed by atoms with Gasteiger partial charge >= 0.3 is 5.97 Å². The molecule has 0 aliphatic rings. The minimum absolute atomic E-state index is 0.173. The summed E-state index contributed by atoms with van der Waals surface area (Å²) in [6.07, 6.45) is 0. The van der Waals surface area contributed by atoms with E-state index < -0.39 is 17.4 Å². The molecule has 1 amide bonds. The molecular weight excluding hydrogens is 290 g/mol. The van der Waals surface area contributed by atoms with Crippen LogP contribution in [0.4, 0.5) is 0 Å². The van der Waals surface area contributed by atoms with Crippen LogP contribution in [-0.2, 0) is 9.59 Å². The molecule has 2 N–H and O–H groups in total. The highest BCUT2D eigenvalue weighted by Gasteiger charge is 2.32. The van der Waals surface area contributed by atoms with Gasteiger partial charge in [0.25, 0.3) is 0 Å². The van der Waals surface area contributed by atoms with Gasteiger partial charge in [0.2, 0.25) is 5.91 Å². The molecule has 0 bridgehead atoms. The molecular formula is C15H21NO4S. The van der Waals surface area contributed by atoms with E-state index in [4.69, 9.17) is 9.84 Å². The van der Waals surface area contributed by atoms with Crippen LogP contribution in [0.25, 0.3) is 0 Å². The van der Waals surface area contributed by atoms with Crippen molar-refractivity contribution in [1.29, 1.82) is 0 Å². The van der Waals surface area contributed by atoms with Gasteiger partial charge in [-0.3, -0.25) is 4.79 Å². The van der Waals surface area contributed by atoms with E-state index in [1.54, 1.807) is 27.9 Å². The maximum Gasteiger partial charge on any atom is 0.326 e. The number of hydrogen-bond donors (Lipinski definition) is 2. The van der Waals surface area contributed by atoms with Gasteiger partial charge in [0.15, 0.2) is 0 Å². The Hall–Kier alpha value is -1.69. The van der Waals surface area contributed by atoms with Crippen LogP contribution in [0, 0.1) is 5.41 Å². The zero-order chi connectivity index (χ0) is 16.0. The fourth-order valence-electron chi connectivity index (χ4n) is 1.67. The highest BCUT2D eigenvalue weighted by Crippen LogP contribution is 2.22. The zero-order valence-corrected chi connectivity index (χ0v) is 13.5. The molecule has 0 saturated heterocycles. The molecule has 1 rings (SSSR count). The van der Waals surface area contributed by atoms with Crippen LogP contribution in [0.5, 0.6) is 5.75 Å². The number of hydrogen-bond acceptors (Lipinski definition) is 4. The number of methoxy groups -OCH3 is 1. The summed E-state index contributed by atoms with van der Waals surface area (Å²) in [5.41, 5.74) is -0.535. The number of nitrogens with one attached hydrogen (secondary N) is 1. The van der Waals surface area contributed by atoms with Crippen LogP contribution in [0.15, 0.2) is 29.2 Å². The molecule has 0 aliphatic carbocycles. The molecule has 1 aromatic rings. The van der Waals surface area contributed by atoms with E-state index in [-0.39, 0.29) is 11.7 Å². The normalized spacial score (nSPS) is 12.6. The summed E-state index contributed by atoms with van der Waals surface area (Å²) in [6, 6.07) is 6.44. The molecule has 5 nitrogen and oxygen atoms in total. The Labute approximate surface area is 129 Å². The van der Waals surface area contributed by atoms with E-state index in [1.165, 1.54) is 11.8 Å². The monoisotopic (exact) mass is 311 g/mol. The number of thioether (sulfide) groups is 1. The van der Waals surface area contributed by atoms with Crippen LogP contribution in [-0.4, -0.2) is 35.9 Å². The summed E-state index contributed by atoms with van der Waals surface area (Å²) >= 11 is 1.35. The average Bonchev–Trinajstić information content (AvgIpc) is 2.41. The Balaban J connectivity index is 2.54. The van der Waals surface area contributed by atoms with Gasteiger partial charge in [-0.05, 0) is 29.7 Å². The number of carboxylic acids is 1. The van der Waals surface area contributed by atoms with E-state index in [0.29, 0.717) is 0 Å². The first kappa shape index (κ1) is 17.4. The summed E-state index contributed by atoms with van der Waals surface area (Å²) in [5.74, 6) is -0.391. The van der Waals surface area contributed by atoms with E-state index in [1.807, 2.05) is 24.3 Å². The summed E-state index contributed by atoms with van der Waals surface area (Å²) in [4.78, 5) is 24.0. The fraction of sp³-hybridized carbons (Fsp3) is 0.467. The number of amides is 1. The molecule has 0 fully saturated rings. The second-order valence-corrected chi connectivity index (χ2v) is 6.72. The van der Waals surface area contributed by atoms with Gasteiger partial charge in [-0.25, -0.2) is 4.79 Å². The lowest BCUT2D eigenvalue weighted by atomic mass is 9.87. The zero-order valence-electron chi connectivity index (χ0n) is 12.7. The van der Waals surface area contributed by atoms with Crippen LogP contribution in [0.3, 0.4) is 0 Å². The van der Waals surface area contributed by atoms with Gasteiger partial charge in [0, 0.05) is 4.90 Å². The average molecular weight is 311 g/mol. The molecule has 1 aromatic carbocycles. The first-order valence-electron chi connectivity index (χ1n) is 6.53. The third-order valence-electron chi connectivity index (χ3n) is 2.85. The maximum absolute atomic E-state index is 11.9. The molecule has 21 heavy (non-hydrogen) atoms. The predicted molar refractivity (Wildman–Crippen MR) is 82.7 cm³/mol. The van der Waals surface area contributed by atoms with E-state index in [2.05, 4.69) is 5.32 Å². The Kier molecular flexibility index (Phi) is 6.08. The van der Waals surface area contributed by atoms with Crippen molar-refractivity contribution < 1.29 is 19.4 Å². The van der Waals surface area contributed by atoms with E-state index in [0.717, 1.165) is 10.6 Å². The minimum Gasteiger partial charge on any atom is -0.497 e. The molecule has 0 aliphatic heterocycles. The third kappa shape index (κ3) is 5.67. The molecule has 0 unspecified atom stereocenters. The van der Waals surface area contributed by atoms with Crippen molar-refractivity contribution in [2.75, 3.05) is 12.9 Å². The lowest BCUT2D eigenvalue weighted by Crippen LogP contribution is -2.49. The molecule has 0 spiro atoms. The molecule has 0 heterocycles. The summed E-state index contributed by atoms with van der Waals surface area (Å²) in [7, 11) is 1.59. The SMILES string of the molecule is COc1ccc(SCC(=O)N[C@H](C(=O)O)C(C)(C)C)cc1. The number of ether oxygens (including phenoxy) is 1. The topological polar surface area (TPSA) is 75.6 Å². The van der Waals surface area contributed by atoms with Crippen molar-refractivity contribution >= 4 is 23.6 Å². The number of benzene rings is 1. The maximum atomic E-state index is 11.9. The van der Waals surface area contributed by atoms with Crippen molar-refractivity contribution in [3.63, 3.8) is 0 Å². The Morgan fingerprint density at radius 1 is 1.29 bits per heavy atom. The lowest BCUT2D eigenvalue weighted by molar-refractivity contribution is -0.144. The number of aliphatic carboxylic acids is 1. The summed E-state index contributed by atoms with van der Waals surface area (Å²) in [6.45, 7) is 5.34. The van der Waals surface area contributed by atoms with Gasteiger partial charge < -0.3 is 15.2 Å². The molecule has 0 aromatic heterocycles. The second kappa shape index (κ2) is 7.36. The standard InChI is InChI=1S/C15H21NO4S/c1-15(2,3)13(14(18)19)16-12(17)9-21-11-7-5-10(20-4)6-8-11/h5-8,13H,9H2,1-4H3,(H,16,17)(H,18,19)/t13-/m1/s1. The van der Waals surface area contributed by atoms with Gasteiger partial charge in [0.05, 0.1) is 12.9 Å². The smallest absolute Gasteiger partial charge is 0.326 e. The van der Waals surface area contributed by atoms with Gasteiger partial charge in [-0.15, -0.1) is 11.8 Å². The van der Waals surface area contributed by atoms with Gasteiger partial charge in [-0.1, -0.05) is 20.8 Å². The highest BCUT2D eigenvalue weighted by atomic mass is 32.2. The first-order valence-corrected chi connectivity index (χ1v) is 7.51. The molecule has 6 heteroatoms. The van der Waals surface area contributed by atoms with Crippen molar-refractivity contribution in [2.24, 2.45) is 5.41 Å². The fourth-order valence-corrected chi connectivity index (χ4v) is 2.38. The van der Waals surface area contributed by atoms with Gasteiger partial charge in [0.1, 0.15) is 11.8 Å². The quantitative estimate of drug-likeness (QED) is 0.789. The Morgan fingerprint density at radius 2 is 1.86 bits per heavy atom. The highest BCUT2D eigenvalue weighted by molar-refractivity contribution is 8.00. The number of carboxylic acid groups (broad SMARTS) is 1. The van der Waals surface area contributed by atoms with Crippen molar-refractivity contribution in [3.8, 4) is 5.75 Å². The summed E-state index contributed by atoms with van der Waals surface area (Å²) < 4.78 is 5.06. The number of carbonyl (C=O) groups excluding carboxylic acids is 1. The minimum atomic E-state index is -1.02. The first-order chi connectivity index (χ1) is 9.74. The van der Waals surface area contributed by atoms with Crippen LogP contribution >= 0.6 is 11.8 Å². The van der Waals surface area contributed by atoms with E-state index >= 15 is 0 Å². The van der Waals surface area contributed by atoms with Crippen LogP contribution in [0.1, 0.15) is 20.8 Å². The lowest BCUT2D eigenvalue weighted by Gasteiger charge is -2.27. The van der Waals surface area contributed by atoms with Crippen molar-refractivity contribution in [3.05, 3.63) is 24.3 Å². The van der Waals surface area contributed by atoms with Crippen molar-refractivity contribution in [2.45, 2.75) is 31.7 Å². The molecule has 0 radical (unpaired) electrons. The second-order valence-electron chi connectivity index (χ2n) is 5.67. The molecule has 0 saturated carbocycles. The van der Waals surface area contributed by atoms with E-state index in [9.17, 15) is 9.59 Å². The largest absolute Gasteiger partial charge is 0.497 e. The number of carbonyl (C=O) groups is 2. The Morgan fingerprint density at radius 3 is 2.29 bits per heavy atom. The van der Waals surface area contributed by atoms with Gasteiger partial charge in [-0.2, -0.15) is 0 Å². The van der Waals surface area contributed by atoms with Crippen molar-refractivity contribution in [1.82, 2.24) is 5.32 Å². The summed E-state index contributed by atoms with van der Waals surface area (Å²) in [5, 5.41) is 11.7. The molecule has 116 valence electrons. The third-order valence-corrected chi connectivity index (χ3v) is 3.86. The predicted octanol–water partition coefficient (Wildman–Crippen LogP) is 2.40. The van der Waals surface area contributed by atoms with Crippen LogP contribution < -0.4 is 10.1 Å². The molecule has 1 atom stereocenters. The Bertz CT molecular complexity index is 493. The number of rotatable bonds is 6. The van der Waals surface area contributed by atoms with Crippen LogP contribution in [0.2, 0.25) is 0 Å².